The van der Waals surface area contributed by atoms with E-state index >= 15 is 0 Å². The minimum atomic E-state index is -3.28. The molecule has 0 radical (unpaired) electrons. The van der Waals surface area contributed by atoms with Gasteiger partial charge in [0.25, 0.3) is 0 Å². The second-order valence-corrected chi connectivity index (χ2v) is 7.32. The minimum Gasteiger partial charge on any atom is -0.355 e. The molecule has 1 amide bonds. The van der Waals surface area contributed by atoms with Gasteiger partial charge in [-0.25, -0.2) is 8.42 Å². The van der Waals surface area contributed by atoms with Crippen LogP contribution in [0.1, 0.15) is 13.3 Å². The third-order valence-electron chi connectivity index (χ3n) is 3.39. The van der Waals surface area contributed by atoms with E-state index in [0.717, 1.165) is 43.4 Å². The topological polar surface area (TPSA) is 81.8 Å². The molecule has 0 unspecified atom stereocenters. The van der Waals surface area contributed by atoms with Crippen molar-refractivity contribution in [2.75, 3.05) is 58.6 Å². The zero-order chi connectivity index (χ0) is 15.0. The number of nitrogens with zero attached hydrogens (tertiary/aromatic N) is 2. The quantitative estimate of drug-likeness (QED) is 0.559. The van der Waals surface area contributed by atoms with Crippen molar-refractivity contribution in [3.05, 3.63) is 0 Å². The van der Waals surface area contributed by atoms with Gasteiger partial charge in [-0.2, -0.15) is 4.31 Å². The highest BCUT2D eigenvalue weighted by Crippen LogP contribution is 1.97. The van der Waals surface area contributed by atoms with Gasteiger partial charge in [-0.15, -0.1) is 12.4 Å². The van der Waals surface area contributed by atoms with Gasteiger partial charge in [-0.05, 0) is 19.9 Å². The summed E-state index contributed by atoms with van der Waals surface area (Å²) in [4.78, 5) is 14.0. The van der Waals surface area contributed by atoms with Crippen LogP contribution in [0.3, 0.4) is 0 Å². The second-order valence-electron chi connectivity index (χ2n) is 4.95. The van der Waals surface area contributed by atoms with Gasteiger partial charge in [0, 0.05) is 39.8 Å². The Hall–Kier alpha value is -0.410. The lowest BCUT2D eigenvalue weighted by molar-refractivity contribution is -0.121. The molecule has 0 bridgehead atoms. The normalized spacial score (nSPS) is 16.5. The first-order valence-electron chi connectivity index (χ1n) is 7.09. The van der Waals surface area contributed by atoms with E-state index in [-0.39, 0.29) is 30.6 Å². The minimum absolute atomic E-state index is 0. The van der Waals surface area contributed by atoms with Crippen LogP contribution in [-0.4, -0.2) is 82.1 Å². The van der Waals surface area contributed by atoms with Crippen LogP contribution in [-0.2, 0) is 14.8 Å². The molecule has 0 saturated carbocycles. The summed E-state index contributed by atoms with van der Waals surface area (Å²) in [7, 11) is -1.85. The number of likely N-dealkylation sites (N-methyl/N-ethyl adjacent to an activating group) is 1. The van der Waals surface area contributed by atoms with Gasteiger partial charge in [0.15, 0.2) is 0 Å². The zero-order valence-corrected chi connectivity index (χ0v) is 14.4. The molecule has 7 nitrogen and oxygen atoms in total. The summed E-state index contributed by atoms with van der Waals surface area (Å²) < 4.78 is 24.1. The summed E-state index contributed by atoms with van der Waals surface area (Å²) >= 11 is 0. The molecule has 1 fully saturated rings. The Bertz CT molecular complexity index is 399. The molecule has 1 aliphatic heterocycles. The van der Waals surface area contributed by atoms with Crippen LogP contribution in [0.25, 0.3) is 0 Å². The lowest BCUT2D eigenvalue weighted by Crippen LogP contribution is -2.44. The first-order valence-corrected chi connectivity index (χ1v) is 8.70. The van der Waals surface area contributed by atoms with Crippen LogP contribution in [0, 0.1) is 0 Å². The predicted octanol–water partition coefficient (Wildman–Crippen LogP) is -0.899. The van der Waals surface area contributed by atoms with Crippen LogP contribution in [0.5, 0.6) is 0 Å². The maximum Gasteiger partial charge on any atom is 0.235 e. The largest absolute Gasteiger partial charge is 0.355 e. The van der Waals surface area contributed by atoms with Crippen molar-refractivity contribution in [2.24, 2.45) is 0 Å². The van der Waals surface area contributed by atoms with Gasteiger partial charge in [-0.3, -0.25) is 4.79 Å². The van der Waals surface area contributed by atoms with E-state index in [4.69, 9.17) is 0 Å². The molecule has 1 aliphatic rings. The highest BCUT2D eigenvalue weighted by molar-refractivity contribution is 7.89. The number of piperazine rings is 1. The van der Waals surface area contributed by atoms with Crippen molar-refractivity contribution in [2.45, 2.75) is 13.3 Å². The maximum atomic E-state index is 11.6. The first kappa shape index (κ1) is 20.6. The molecule has 1 heterocycles. The Morgan fingerprint density at radius 3 is 2.52 bits per heavy atom. The Kier molecular flexibility index (Phi) is 10.1. The summed E-state index contributed by atoms with van der Waals surface area (Å²) in [5.41, 5.74) is 0. The molecule has 0 aromatic rings. The van der Waals surface area contributed by atoms with Gasteiger partial charge < -0.3 is 15.5 Å². The second kappa shape index (κ2) is 10.3. The Labute approximate surface area is 133 Å². The summed E-state index contributed by atoms with van der Waals surface area (Å²) in [6.07, 6.45) is 0.885. The SMILES string of the molecule is CCS(=O)(=O)N(C)CC(=O)NCCCN1CCNCC1.Cl. The third-order valence-corrected chi connectivity index (χ3v) is 5.20. The Balaban J connectivity index is 0.00000400. The molecule has 126 valence electrons. The monoisotopic (exact) mass is 342 g/mol. The van der Waals surface area contributed by atoms with Crippen molar-refractivity contribution in [1.82, 2.24) is 19.8 Å². The molecule has 0 spiro atoms. The number of rotatable bonds is 8. The van der Waals surface area contributed by atoms with Crippen molar-refractivity contribution in [3.63, 3.8) is 0 Å². The van der Waals surface area contributed by atoms with E-state index in [1.165, 1.54) is 7.05 Å². The van der Waals surface area contributed by atoms with Crippen molar-refractivity contribution < 1.29 is 13.2 Å². The van der Waals surface area contributed by atoms with E-state index in [1.807, 2.05) is 0 Å². The molecule has 0 aromatic carbocycles. The maximum absolute atomic E-state index is 11.6. The van der Waals surface area contributed by atoms with Gasteiger partial charge in [0.2, 0.25) is 15.9 Å². The molecule has 1 saturated heterocycles. The van der Waals surface area contributed by atoms with E-state index in [1.54, 1.807) is 6.92 Å². The standard InChI is InChI=1S/C12H26N4O3S.ClH/c1-3-20(18,19)15(2)11-12(17)14-5-4-8-16-9-6-13-7-10-16;/h13H,3-11H2,1-2H3,(H,14,17);1H. The van der Waals surface area contributed by atoms with Gasteiger partial charge in [0.05, 0.1) is 12.3 Å². The zero-order valence-electron chi connectivity index (χ0n) is 12.8. The van der Waals surface area contributed by atoms with E-state index in [0.29, 0.717) is 6.54 Å². The van der Waals surface area contributed by atoms with E-state index in [2.05, 4.69) is 15.5 Å². The number of carbonyl (C=O) groups is 1. The Morgan fingerprint density at radius 2 is 1.95 bits per heavy atom. The van der Waals surface area contributed by atoms with Crippen LogP contribution >= 0.6 is 12.4 Å². The van der Waals surface area contributed by atoms with E-state index < -0.39 is 10.0 Å². The molecular formula is C12H27ClN4O3S. The average Bonchev–Trinajstić information content (AvgIpc) is 2.44. The van der Waals surface area contributed by atoms with E-state index in [9.17, 15) is 13.2 Å². The van der Waals surface area contributed by atoms with Crippen LogP contribution in [0.2, 0.25) is 0 Å². The molecule has 0 aliphatic carbocycles. The predicted molar refractivity (Wildman–Crippen MR) is 86.3 cm³/mol. The summed E-state index contributed by atoms with van der Waals surface area (Å²) in [6, 6.07) is 0. The van der Waals surface area contributed by atoms with Crippen molar-refractivity contribution in [1.29, 1.82) is 0 Å². The van der Waals surface area contributed by atoms with Crippen molar-refractivity contribution in [3.8, 4) is 0 Å². The first-order chi connectivity index (χ1) is 9.45. The summed E-state index contributed by atoms with van der Waals surface area (Å²) in [5.74, 6) is -0.232. The number of hydrogen-bond acceptors (Lipinski definition) is 5. The fourth-order valence-corrected chi connectivity index (χ4v) is 2.80. The smallest absolute Gasteiger partial charge is 0.235 e. The fraction of sp³-hybridized carbons (Fsp3) is 0.917. The lowest BCUT2D eigenvalue weighted by atomic mass is 10.3. The van der Waals surface area contributed by atoms with Crippen LogP contribution in [0.15, 0.2) is 0 Å². The van der Waals surface area contributed by atoms with Crippen LogP contribution in [0.4, 0.5) is 0 Å². The molecule has 9 heteroatoms. The number of nitrogens with one attached hydrogen (secondary N) is 2. The Morgan fingerprint density at radius 1 is 1.33 bits per heavy atom. The van der Waals surface area contributed by atoms with Crippen LogP contribution < -0.4 is 10.6 Å². The van der Waals surface area contributed by atoms with Gasteiger partial charge >= 0.3 is 0 Å². The van der Waals surface area contributed by atoms with Crippen molar-refractivity contribution >= 4 is 28.3 Å². The fourth-order valence-electron chi connectivity index (χ4n) is 2.04. The van der Waals surface area contributed by atoms with Gasteiger partial charge in [0.1, 0.15) is 0 Å². The number of amides is 1. The third kappa shape index (κ3) is 7.96. The molecule has 0 atom stereocenters. The molecule has 1 rings (SSSR count). The highest BCUT2D eigenvalue weighted by Gasteiger charge is 2.17. The molecular weight excluding hydrogens is 316 g/mol. The number of hydrogen-bond donors (Lipinski definition) is 2. The molecule has 21 heavy (non-hydrogen) atoms. The summed E-state index contributed by atoms with van der Waals surface area (Å²) in [5, 5.41) is 6.05. The molecule has 0 aromatic heterocycles. The summed E-state index contributed by atoms with van der Waals surface area (Å²) in [6.45, 7) is 7.14. The number of sulfonamides is 1. The average molecular weight is 343 g/mol. The van der Waals surface area contributed by atoms with Gasteiger partial charge in [-0.1, -0.05) is 0 Å². The lowest BCUT2D eigenvalue weighted by Gasteiger charge is -2.27. The number of halogens is 1. The molecule has 2 N–H and O–H groups in total. The highest BCUT2D eigenvalue weighted by atomic mass is 35.5. The number of carbonyl (C=O) groups excluding carboxylic acids is 1.